The largest absolute Gasteiger partial charge is 0.478 e. The molecule has 72 valence electrons. The summed E-state index contributed by atoms with van der Waals surface area (Å²) in [4.78, 5) is 27.5. The van der Waals surface area contributed by atoms with E-state index in [1.165, 1.54) is 23.3 Å². The summed E-state index contributed by atoms with van der Waals surface area (Å²) in [5, 5.41) is 8.84. The minimum atomic E-state index is -1.07. The van der Waals surface area contributed by atoms with Crippen LogP contribution in [0.15, 0.2) is 28.9 Å². The Morgan fingerprint density at radius 3 is 3.00 bits per heavy atom. The molecule has 2 rings (SSSR count). The van der Waals surface area contributed by atoms with Gasteiger partial charge < -0.3 is 5.11 Å². The predicted molar refractivity (Wildman–Crippen MR) is 48.6 cm³/mol. The molecule has 0 fully saturated rings. The predicted octanol–water partition coefficient (Wildman–Crippen LogP) is 0.154. The highest BCUT2D eigenvalue weighted by molar-refractivity contribution is 6.25. The van der Waals surface area contributed by atoms with Crippen LogP contribution in [0, 0.1) is 0 Å². The van der Waals surface area contributed by atoms with Crippen molar-refractivity contribution in [3.63, 3.8) is 0 Å². The van der Waals surface area contributed by atoms with Gasteiger partial charge in [0.05, 0.1) is 0 Å². The Balaban J connectivity index is 2.45. The first-order valence-electron chi connectivity index (χ1n) is 4.14. The maximum absolute atomic E-state index is 11.4. The number of carbonyl (C=O) groups is 2. The zero-order valence-corrected chi connectivity index (χ0v) is 7.47. The average molecular weight is 192 g/mol. The number of amides is 1. The number of carboxylic acids is 1. The lowest BCUT2D eigenvalue weighted by atomic mass is 10.2. The van der Waals surface area contributed by atoms with Crippen molar-refractivity contribution < 1.29 is 14.7 Å². The number of carboxylic acid groups (broad SMARTS) is 1. The van der Waals surface area contributed by atoms with Gasteiger partial charge in [-0.2, -0.15) is 0 Å². The molecule has 2 aliphatic rings. The second kappa shape index (κ2) is 2.80. The molecule has 1 amide bonds. The Bertz CT molecular complexity index is 406. The van der Waals surface area contributed by atoms with Gasteiger partial charge in [-0.25, -0.2) is 4.79 Å². The molecule has 0 saturated carbocycles. The third kappa shape index (κ3) is 1.06. The van der Waals surface area contributed by atoms with Gasteiger partial charge in [0.25, 0.3) is 5.91 Å². The van der Waals surface area contributed by atoms with Crippen molar-refractivity contribution in [1.82, 2.24) is 4.90 Å². The van der Waals surface area contributed by atoms with Crippen molar-refractivity contribution in [2.75, 3.05) is 0 Å². The van der Waals surface area contributed by atoms with Crippen LogP contribution >= 0.6 is 0 Å². The molecule has 1 unspecified atom stereocenters. The molecule has 0 aromatic rings. The minimum absolute atomic E-state index is 0.0604. The zero-order chi connectivity index (χ0) is 10.3. The van der Waals surface area contributed by atoms with E-state index in [2.05, 4.69) is 4.99 Å². The van der Waals surface area contributed by atoms with Crippen LogP contribution in [0.1, 0.15) is 6.92 Å². The normalized spacial score (nSPS) is 24.5. The molecule has 0 aromatic carbocycles. The van der Waals surface area contributed by atoms with Crippen LogP contribution in [0.2, 0.25) is 0 Å². The number of aliphatic carboxylic acids is 1. The third-order valence-corrected chi connectivity index (χ3v) is 2.11. The van der Waals surface area contributed by atoms with Crippen LogP contribution in [0.4, 0.5) is 0 Å². The second-order valence-corrected chi connectivity index (χ2v) is 3.06. The maximum atomic E-state index is 11.4. The van der Waals surface area contributed by atoms with Gasteiger partial charge in [0.15, 0.2) is 0 Å². The SMILES string of the molecule is CC1N=C2C(C(=O)O)=CC=CN2C1=O. The average Bonchev–Trinajstić information content (AvgIpc) is 2.43. The first-order valence-corrected chi connectivity index (χ1v) is 4.14. The molecule has 0 spiro atoms. The number of allylic oxidation sites excluding steroid dienone is 2. The highest BCUT2D eigenvalue weighted by Crippen LogP contribution is 2.20. The highest BCUT2D eigenvalue weighted by Gasteiger charge is 2.35. The minimum Gasteiger partial charge on any atom is -0.478 e. The van der Waals surface area contributed by atoms with Crippen molar-refractivity contribution in [2.45, 2.75) is 13.0 Å². The molecule has 2 heterocycles. The Morgan fingerprint density at radius 2 is 2.36 bits per heavy atom. The fraction of sp³-hybridized carbons (Fsp3) is 0.222. The second-order valence-electron chi connectivity index (χ2n) is 3.06. The number of nitrogens with zero attached hydrogens (tertiary/aromatic N) is 2. The van der Waals surface area contributed by atoms with E-state index in [4.69, 9.17) is 5.11 Å². The summed E-state index contributed by atoms with van der Waals surface area (Å²) in [5.41, 5.74) is 0.0604. The van der Waals surface area contributed by atoms with E-state index in [1.807, 2.05) is 0 Å². The van der Waals surface area contributed by atoms with E-state index in [1.54, 1.807) is 6.92 Å². The standard InChI is InChI=1S/C9H8N2O3/c1-5-8(12)11-4-2-3-6(9(13)14)7(11)10-5/h2-5H,1H3,(H,13,14). The highest BCUT2D eigenvalue weighted by atomic mass is 16.4. The molecule has 5 heteroatoms. The summed E-state index contributed by atoms with van der Waals surface area (Å²) in [5.74, 6) is -1.03. The maximum Gasteiger partial charge on any atom is 0.339 e. The number of carbonyl (C=O) groups excluding carboxylic acids is 1. The Morgan fingerprint density at radius 1 is 1.64 bits per heavy atom. The molecule has 5 nitrogen and oxygen atoms in total. The lowest BCUT2D eigenvalue weighted by Gasteiger charge is -2.16. The monoisotopic (exact) mass is 192 g/mol. The summed E-state index contributed by atoms with van der Waals surface area (Å²) < 4.78 is 0. The molecule has 1 N–H and O–H groups in total. The zero-order valence-electron chi connectivity index (χ0n) is 7.47. The Labute approximate surface area is 80.0 Å². The molecular formula is C9H8N2O3. The smallest absolute Gasteiger partial charge is 0.339 e. The van der Waals surface area contributed by atoms with Gasteiger partial charge in [-0.3, -0.25) is 14.7 Å². The summed E-state index contributed by atoms with van der Waals surface area (Å²) >= 11 is 0. The van der Waals surface area contributed by atoms with Gasteiger partial charge in [0, 0.05) is 6.20 Å². The van der Waals surface area contributed by atoms with Crippen molar-refractivity contribution in [3.05, 3.63) is 23.9 Å². The van der Waals surface area contributed by atoms with Crippen molar-refractivity contribution in [1.29, 1.82) is 0 Å². The molecule has 2 aliphatic heterocycles. The van der Waals surface area contributed by atoms with E-state index < -0.39 is 12.0 Å². The molecule has 14 heavy (non-hydrogen) atoms. The van der Waals surface area contributed by atoms with E-state index in [9.17, 15) is 9.59 Å². The van der Waals surface area contributed by atoms with Gasteiger partial charge in [-0.1, -0.05) is 0 Å². The van der Waals surface area contributed by atoms with E-state index in [0.29, 0.717) is 0 Å². The Hall–Kier alpha value is -1.91. The van der Waals surface area contributed by atoms with Crippen LogP contribution in [0.3, 0.4) is 0 Å². The van der Waals surface area contributed by atoms with Gasteiger partial charge in [-0.15, -0.1) is 0 Å². The van der Waals surface area contributed by atoms with Crippen LogP contribution in [0.5, 0.6) is 0 Å². The first kappa shape index (κ1) is 8.68. The number of aliphatic imine (C=N–C) groups is 1. The lowest BCUT2D eigenvalue weighted by Crippen LogP contribution is -2.33. The molecular weight excluding hydrogens is 184 g/mol. The number of hydrogen-bond acceptors (Lipinski definition) is 3. The molecule has 0 aromatic heterocycles. The van der Waals surface area contributed by atoms with Gasteiger partial charge in [-0.05, 0) is 19.1 Å². The fourth-order valence-corrected chi connectivity index (χ4v) is 1.42. The number of fused-ring (bicyclic) bond motifs is 1. The summed E-state index contributed by atoms with van der Waals surface area (Å²) in [6.45, 7) is 1.64. The fourth-order valence-electron chi connectivity index (χ4n) is 1.42. The Kier molecular flexibility index (Phi) is 1.73. The third-order valence-electron chi connectivity index (χ3n) is 2.11. The number of rotatable bonds is 1. The van der Waals surface area contributed by atoms with E-state index in [-0.39, 0.29) is 17.3 Å². The molecule has 0 aliphatic carbocycles. The summed E-state index contributed by atoms with van der Waals surface area (Å²) in [6.07, 6.45) is 4.48. The number of hydrogen-bond donors (Lipinski definition) is 1. The molecule has 0 bridgehead atoms. The van der Waals surface area contributed by atoms with Crippen LogP contribution in [-0.2, 0) is 9.59 Å². The van der Waals surface area contributed by atoms with E-state index in [0.717, 1.165) is 0 Å². The molecule has 1 atom stereocenters. The van der Waals surface area contributed by atoms with Gasteiger partial charge >= 0.3 is 5.97 Å². The first-order chi connectivity index (χ1) is 6.61. The topological polar surface area (TPSA) is 70.0 Å². The van der Waals surface area contributed by atoms with Crippen LogP contribution < -0.4 is 0 Å². The summed E-state index contributed by atoms with van der Waals surface area (Å²) in [7, 11) is 0. The van der Waals surface area contributed by atoms with Crippen LogP contribution in [0.25, 0.3) is 0 Å². The van der Waals surface area contributed by atoms with Gasteiger partial charge in [0.2, 0.25) is 0 Å². The van der Waals surface area contributed by atoms with Crippen molar-refractivity contribution in [3.8, 4) is 0 Å². The lowest BCUT2D eigenvalue weighted by molar-refractivity contribution is -0.132. The quantitative estimate of drug-likeness (QED) is 0.643. The van der Waals surface area contributed by atoms with E-state index >= 15 is 0 Å². The number of amidine groups is 1. The van der Waals surface area contributed by atoms with Gasteiger partial charge in [0.1, 0.15) is 17.5 Å². The van der Waals surface area contributed by atoms with Crippen molar-refractivity contribution >= 4 is 17.7 Å². The van der Waals surface area contributed by atoms with Crippen LogP contribution in [-0.4, -0.2) is 33.8 Å². The molecule has 0 radical (unpaired) electrons. The molecule has 0 saturated heterocycles. The van der Waals surface area contributed by atoms with Crippen molar-refractivity contribution in [2.24, 2.45) is 4.99 Å². The summed E-state index contributed by atoms with van der Waals surface area (Å²) in [6, 6.07) is -0.490.